The normalized spacial score (nSPS) is 31.3. The minimum atomic E-state index is 0.246. The van der Waals surface area contributed by atoms with Crippen LogP contribution in [0.25, 0.3) is 0 Å². The second kappa shape index (κ2) is 3.66. The van der Waals surface area contributed by atoms with Gasteiger partial charge in [-0.05, 0) is 18.8 Å². The lowest BCUT2D eigenvalue weighted by Gasteiger charge is -2.27. The fraction of sp³-hybridized carbons (Fsp3) is 0.900. The van der Waals surface area contributed by atoms with Crippen LogP contribution in [0.2, 0.25) is 0 Å². The molecule has 2 aliphatic rings. The Balaban J connectivity index is 1.90. The molecule has 2 fully saturated rings. The third-order valence-corrected chi connectivity index (χ3v) is 3.35. The van der Waals surface area contributed by atoms with Gasteiger partial charge in [0.15, 0.2) is 0 Å². The summed E-state index contributed by atoms with van der Waals surface area (Å²) >= 11 is 0. The molecule has 1 aliphatic carbocycles. The maximum atomic E-state index is 11.3. The summed E-state index contributed by atoms with van der Waals surface area (Å²) in [5.41, 5.74) is 3.26. The number of nitrogens with zero attached hydrogens (tertiary/aromatic N) is 1. The quantitative estimate of drug-likeness (QED) is 0.663. The number of hydrazine groups is 1. The minimum Gasteiger partial charge on any atom is -0.281 e. The Morgan fingerprint density at radius 2 is 2.00 bits per heavy atom. The molecule has 1 saturated heterocycles. The number of carbonyl (C=O) groups is 1. The van der Waals surface area contributed by atoms with E-state index in [0.29, 0.717) is 12.5 Å². The molecule has 2 rings (SSSR count). The highest BCUT2D eigenvalue weighted by atomic mass is 16.2. The zero-order valence-electron chi connectivity index (χ0n) is 8.25. The van der Waals surface area contributed by atoms with Crippen LogP contribution < -0.4 is 5.43 Å². The van der Waals surface area contributed by atoms with E-state index in [4.69, 9.17) is 0 Å². The molecule has 0 aromatic rings. The number of hydrogen-bond donors (Lipinski definition) is 1. The average Bonchev–Trinajstić information content (AvgIpc) is 2.49. The highest BCUT2D eigenvalue weighted by molar-refractivity contribution is 5.78. The van der Waals surface area contributed by atoms with Gasteiger partial charge >= 0.3 is 0 Å². The van der Waals surface area contributed by atoms with Crippen LogP contribution in [0.15, 0.2) is 0 Å². The van der Waals surface area contributed by atoms with Crippen LogP contribution >= 0.6 is 0 Å². The summed E-state index contributed by atoms with van der Waals surface area (Å²) in [6.45, 7) is 0. The summed E-state index contributed by atoms with van der Waals surface area (Å²) in [6, 6.07) is 0.429. The van der Waals surface area contributed by atoms with Crippen LogP contribution in [0.4, 0.5) is 0 Å². The molecule has 3 nitrogen and oxygen atoms in total. The number of hydrogen-bond acceptors (Lipinski definition) is 2. The molecule has 0 aromatic heterocycles. The topological polar surface area (TPSA) is 32.3 Å². The molecule has 0 spiro atoms. The maximum Gasteiger partial charge on any atom is 0.238 e. The van der Waals surface area contributed by atoms with Gasteiger partial charge in [-0.25, -0.2) is 5.43 Å². The van der Waals surface area contributed by atoms with Gasteiger partial charge < -0.3 is 0 Å². The van der Waals surface area contributed by atoms with Gasteiger partial charge in [0.25, 0.3) is 0 Å². The molecule has 0 bridgehead atoms. The fourth-order valence-electron chi connectivity index (χ4n) is 2.50. The largest absolute Gasteiger partial charge is 0.281 e. The van der Waals surface area contributed by atoms with Gasteiger partial charge in [-0.3, -0.25) is 9.80 Å². The Labute approximate surface area is 79.5 Å². The third-order valence-electron chi connectivity index (χ3n) is 3.35. The van der Waals surface area contributed by atoms with Crippen LogP contribution in [-0.2, 0) is 4.79 Å². The summed E-state index contributed by atoms with van der Waals surface area (Å²) in [5, 5.41) is 1.65. The summed E-state index contributed by atoms with van der Waals surface area (Å²) in [4.78, 5) is 11.3. The molecule has 1 unspecified atom stereocenters. The predicted octanol–water partition coefficient (Wildman–Crippen LogP) is 1.30. The first kappa shape index (κ1) is 9.00. The molecule has 1 N–H and O–H groups in total. The molecule has 1 saturated carbocycles. The Morgan fingerprint density at radius 1 is 1.31 bits per heavy atom. The van der Waals surface area contributed by atoms with E-state index in [2.05, 4.69) is 5.43 Å². The number of nitrogens with one attached hydrogen (secondary N) is 1. The van der Waals surface area contributed by atoms with Crippen molar-refractivity contribution in [1.82, 2.24) is 10.4 Å². The van der Waals surface area contributed by atoms with Gasteiger partial charge in [0.1, 0.15) is 0 Å². The average molecular weight is 182 g/mol. The van der Waals surface area contributed by atoms with Crippen LogP contribution in [0.5, 0.6) is 0 Å². The van der Waals surface area contributed by atoms with Crippen molar-refractivity contribution in [3.63, 3.8) is 0 Å². The van der Waals surface area contributed by atoms with Gasteiger partial charge in [-0.15, -0.1) is 0 Å². The zero-order valence-corrected chi connectivity index (χ0v) is 8.25. The number of carbonyl (C=O) groups excluding carboxylic acids is 1. The van der Waals surface area contributed by atoms with Crippen LogP contribution in [0, 0.1) is 5.92 Å². The minimum absolute atomic E-state index is 0.246. The molecular formula is C10H18N2O. The monoisotopic (exact) mass is 182 g/mol. The fourth-order valence-corrected chi connectivity index (χ4v) is 2.50. The molecule has 13 heavy (non-hydrogen) atoms. The standard InChI is InChI=1S/C10H18N2O/c1-12-10(13)7-9(11-12)8-5-3-2-4-6-8/h8-9,11H,2-7H2,1H3. The van der Waals surface area contributed by atoms with Crippen molar-refractivity contribution >= 4 is 5.91 Å². The lowest BCUT2D eigenvalue weighted by Crippen LogP contribution is -2.38. The molecule has 0 aromatic carbocycles. The molecular weight excluding hydrogens is 164 g/mol. The molecule has 1 heterocycles. The first-order valence-corrected chi connectivity index (χ1v) is 5.30. The van der Waals surface area contributed by atoms with E-state index < -0.39 is 0 Å². The van der Waals surface area contributed by atoms with E-state index in [1.807, 2.05) is 7.05 Å². The molecule has 1 aliphatic heterocycles. The number of amides is 1. The van der Waals surface area contributed by atoms with Gasteiger partial charge in [0.05, 0.1) is 0 Å². The summed E-state index contributed by atoms with van der Waals surface area (Å²) in [7, 11) is 1.82. The summed E-state index contributed by atoms with van der Waals surface area (Å²) in [5.74, 6) is 0.984. The van der Waals surface area contributed by atoms with Crippen molar-refractivity contribution < 1.29 is 4.79 Å². The SMILES string of the molecule is CN1NC(C2CCCCC2)CC1=O. The summed E-state index contributed by atoms with van der Waals surface area (Å²) < 4.78 is 0. The molecule has 1 amide bonds. The van der Waals surface area contributed by atoms with Crippen LogP contribution in [0.3, 0.4) is 0 Å². The Morgan fingerprint density at radius 3 is 2.54 bits per heavy atom. The van der Waals surface area contributed by atoms with Gasteiger partial charge in [0, 0.05) is 19.5 Å². The van der Waals surface area contributed by atoms with E-state index in [1.165, 1.54) is 32.1 Å². The van der Waals surface area contributed by atoms with Crippen molar-refractivity contribution in [3.05, 3.63) is 0 Å². The molecule has 74 valence electrons. The van der Waals surface area contributed by atoms with Gasteiger partial charge in [-0.1, -0.05) is 19.3 Å². The van der Waals surface area contributed by atoms with Crippen molar-refractivity contribution in [3.8, 4) is 0 Å². The molecule has 3 heteroatoms. The van der Waals surface area contributed by atoms with E-state index in [-0.39, 0.29) is 5.91 Å². The lowest BCUT2D eigenvalue weighted by atomic mass is 9.83. The predicted molar refractivity (Wildman–Crippen MR) is 50.9 cm³/mol. The maximum absolute atomic E-state index is 11.3. The molecule has 1 atom stereocenters. The highest BCUT2D eigenvalue weighted by Crippen LogP contribution is 2.29. The second-order valence-corrected chi connectivity index (χ2v) is 4.29. The Kier molecular flexibility index (Phi) is 2.54. The number of rotatable bonds is 1. The zero-order chi connectivity index (χ0) is 9.26. The Hall–Kier alpha value is -0.570. The van der Waals surface area contributed by atoms with Crippen LogP contribution in [0.1, 0.15) is 38.5 Å². The van der Waals surface area contributed by atoms with Gasteiger partial charge in [0.2, 0.25) is 5.91 Å². The van der Waals surface area contributed by atoms with Crippen LogP contribution in [-0.4, -0.2) is 24.0 Å². The van der Waals surface area contributed by atoms with Crippen molar-refractivity contribution in [2.24, 2.45) is 5.92 Å². The second-order valence-electron chi connectivity index (χ2n) is 4.29. The Bertz CT molecular complexity index is 199. The van der Waals surface area contributed by atoms with E-state index in [0.717, 1.165) is 5.92 Å². The first-order chi connectivity index (χ1) is 6.27. The van der Waals surface area contributed by atoms with Crippen molar-refractivity contribution in [1.29, 1.82) is 0 Å². The smallest absolute Gasteiger partial charge is 0.238 e. The lowest BCUT2D eigenvalue weighted by molar-refractivity contribution is -0.128. The highest BCUT2D eigenvalue weighted by Gasteiger charge is 2.32. The van der Waals surface area contributed by atoms with E-state index >= 15 is 0 Å². The van der Waals surface area contributed by atoms with E-state index in [9.17, 15) is 4.79 Å². The third kappa shape index (κ3) is 1.85. The molecule has 0 radical (unpaired) electrons. The summed E-state index contributed by atoms with van der Waals surface area (Å²) in [6.07, 6.45) is 7.40. The van der Waals surface area contributed by atoms with Crippen molar-refractivity contribution in [2.75, 3.05) is 7.05 Å². The first-order valence-electron chi connectivity index (χ1n) is 5.30. The van der Waals surface area contributed by atoms with E-state index in [1.54, 1.807) is 5.01 Å². The van der Waals surface area contributed by atoms with Gasteiger partial charge in [-0.2, -0.15) is 0 Å². The van der Waals surface area contributed by atoms with Crippen molar-refractivity contribution in [2.45, 2.75) is 44.6 Å².